The Bertz CT molecular complexity index is 217. The van der Waals surface area contributed by atoms with Crippen LogP contribution in [-0.2, 0) is 4.79 Å². The number of hydrogen-bond acceptors (Lipinski definition) is 2. The van der Waals surface area contributed by atoms with Gasteiger partial charge in [-0.2, -0.15) is 0 Å². The minimum atomic E-state index is -0.717. The third kappa shape index (κ3) is 3.31. The van der Waals surface area contributed by atoms with Gasteiger partial charge < -0.3 is 5.11 Å². The lowest BCUT2D eigenvalue weighted by molar-refractivity contribution is -0.135. The van der Waals surface area contributed by atoms with E-state index in [0.717, 1.165) is 32.1 Å². The summed E-state index contributed by atoms with van der Waals surface area (Å²) in [5.74, 6) is 1.04. The zero-order valence-electron chi connectivity index (χ0n) is 10.9. The molecule has 0 radical (unpaired) electrons. The van der Waals surface area contributed by atoms with Crippen LogP contribution in [0.1, 0.15) is 59.3 Å². The zero-order chi connectivity index (χ0) is 12.1. The van der Waals surface area contributed by atoms with Crippen LogP contribution in [0, 0.1) is 17.8 Å². The van der Waals surface area contributed by atoms with Crippen molar-refractivity contribution in [1.82, 2.24) is 0 Å². The lowest BCUT2D eigenvalue weighted by atomic mass is 9.77. The SMILES string of the molecule is CCC(CC)C(O)C(=O)C1CCCC(C)C1. The molecular formula is C14H26O2. The normalized spacial score (nSPS) is 28.1. The Hall–Kier alpha value is -0.370. The summed E-state index contributed by atoms with van der Waals surface area (Å²) in [5.41, 5.74) is 0. The highest BCUT2D eigenvalue weighted by molar-refractivity contribution is 5.85. The predicted molar refractivity (Wildman–Crippen MR) is 66.2 cm³/mol. The van der Waals surface area contributed by atoms with Crippen molar-refractivity contribution in [2.45, 2.75) is 65.4 Å². The second-order valence-corrected chi connectivity index (χ2v) is 5.39. The van der Waals surface area contributed by atoms with Crippen molar-refractivity contribution in [3.05, 3.63) is 0 Å². The van der Waals surface area contributed by atoms with Crippen molar-refractivity contribution >= 4 is 5.78 Å². The molecule has 1 rings (SSSR count). The molecular weight excluding hydrogens is 200 g/mol. The monoisotopic (exact) mass is 226 g/mol. The molecule has 0 saturated heterocycles. The average Bonchev–Trinajstić information content (AvgIpc) is 2.29. The van der Waals surface area contributed by atoms with Gasteiger partial charge in [0.05, 0.1) is 0 Å². The van der Waals surface area contributed by atoms with E-state index in [4.69, 9.17) is 0 Å². The molecule has 1 aliphatic rings. The van der Waals surface area contributed by atoms with E-state index in [1.807, 2.05) is 13.8 Å². The predicted octanol–water partition coefficient (Wildman–Crippen LogP) is 3.18. The molecule has 2 heteroatoms. The summed E-state index contributed by atoms with van der Waals surface area (Å²) < 4.78 is 0. The van der Waals surface area contributed by atoms with Gasteiger partial charge in [-0.25, -0.2) is 0 Å². The quantitative estimate of drug-likeness (QED) is 0.781. The molecule has 0 spiro atoms. The molecule has 1 N–H and O–H groups in total. The van der Waals surface area contributed by atoms with Crippen LogP contribution in [0.15, 0.2) is 0 Å². The summed E-state index contributed by atoms with van der Waals surface area (Å²) in [6.07, 6.45) is 5.43. The van der Waals surface area contributed by atoms with Crippen molar-refractivity contribution < 1.29 is 9.90 Å². The summed E-state index contributed by atoms with van der Waals surface area (Å²) >= 11 is 0. The lowest BCUT2D eigenvalue weighted by Crippen LogP contribution is -2.36. The van der Waals surface area contributed by atoms with E-state index in [0.29, 0.717) is 5.92 Å². The lowest BCUT2D eigenvalue weighted by Gasteiger charge is -2.29. The van der Waals surface area contributed by atoms with Crippen LogP contribution in [0.2, 0.25) is 0 Å². The van der Waals surface area contributed by atoms with Gasteiger partial charge in [0.15, 0.2) is 5.78 Å². The molecule has 0 bridgehead atoms. The average molecular weight is 226 g/mol. The molecule has 16 heavy (non-hydrogen) atoms. The zero-order valence-corrected chi connectivity index (χ0v) is 10.9. The molecule has 1 saturated carbocycles. The summed E-state index contributed by atoms with van der Waals surface area (Å²) in [6.45, 7) is 6.31. The molecule has 94 valence electrons. The Morgan fingerprint density at radius 3 is 2.44 bits per heavy atom. The van der Waals surface area contributed by atoms with Crippen molar-refractivity contribution in [1.29, 1.82) is 0 Å². The van der Waals surface area contributed by atoms with Crippen LogP contribution >= 0.6 is 0 Å². The minimum Gasteiger partial charge on any atom is -0.385 e. The van der Waals surface area contributed by atoms with E-state index in [1.165, 1.54) is 6.42 Å². The third-order valence-corrected chi connectivity index (χ3v) is 4.13. The maximum atomic E-state index is 12.2. The van der Waals surface area contributed by atoms with Gasteiger partial charge in [-0.3, -0.25) is 4.79 Å². The number of Topliss-reactive ketones (excluding diaryl/α,β-unsaturated/α-hetero) is 1. The molecule has 0 amide bonds. The topological polar surface area (TPSA) is 37.3 Å². The molecule has 1 aliphatic carbocycles. The first-order valence-electron chi connectivity index (χ1n) is 6.81. The fraction of sp³-hybridized carbons (Fsp3) is 0.929. The largest absolute Gasteiger partial charge is 0.385 e. The standard InChI is InChI=1S/C14H26O2/c1-4-11(5-2)13(15)14(16)12-8-6-7-10(3)9-12/h10-13,15H,4-9H2,1-3H3. The highest BCUT2D eigenvalue weighted by Gasteiger charge is 2.32. The summed E-state index contributed by atoms with van der Waals surface area (Å²) in [5, 5.41) is 10.1. The van der Waals surface area contributed by atoms with Gasteiger partial charge in [0.2, 0.25) is 0 Å². The van der Waals surface area contributed by atoms with Crippen LogP contribution in [-0.4, -0.2) is 17.0 Å². The van der Waals surface area contributed by atoms with E-state index in [2.05, 4.69) is 6.92 Å². The third-order valence-electron chi connectivity index (χ3n) is 4.13. The number of aliphatic hydroxyl groups is 1. The Labute approximate surface area is 99.4 Å². The Balaban J connectivity index is 2.55. The van der Waals surface area contributed by atoms with E-state index >= 15 is 0 Å². The van der Waals surface area contributed by atoms with Crippen molar-refractivity contribution in [2.75, 3.05) is 0 Å². The maximum absolute atomic E-state index is 12.2. The van der Waals surface area contributed by atoms with E-state index in [-0.39, 0.29) is 17.6 Å². The number of hydrogen-bond donors (Lipinski definition) is 1. The summed E-state index contributed by atoms with van der Waals surface area (Å²) in [4.78, 5) is 12.2. The first-order chi connectivity index (χ1) is 7.60. The second kappa shape index (κ2) is 6.39. The molecule has 0 aromatic heterocycles. The van der Waals surface area contributed by atoms with Crippen LogP contribution in [0.4, 0.5) is 0 Å². The van der Waals surface area contributed by atoms with Gasteiger partial charge in [-0.1, -0.05) is 46.5 Å². The molecule has 0 aromatic carbocycles. The number of ketones is 1. The van der Waals surface area contributed by atoms with Gasteiger partial charge in [-0.15, -0.1) is 0 Å². The number of carbonyl (C=O) groups is 1. The van der Waals surface area contributed by atoms with E-state index < -0.39 is 6.10 Å². The number of carbonyl (C=O) groups excluding carboxylic acids is 1. The highest BCUT2D eigenvalue weighted by atomic mass is 16.3. The minimum absolute atomic E-state index is 0.111. The molecule has 2 nitrogen and oxygen atoms in total. The van der Waals surface area contributed by atoms with Crippen molar-refractivity contribution in [2.24, 2.45) is 17.8 Å². The first kappa shape index (κ1) is 13.7. The van der Waals surface area contributed by atoms with E-state index in [1.54, 1.807) is 0 Å². The summed E-state index contributed by atoms with van der Waals surface area (Å²) in [7, 11) is 0. The molecule has 0 aromatic rings. The maximum Gasteiger partial charge on any atom is 0.164 e. The smallest absolute Gasteiger partial charge is 0.164 e. The number of aliphatic hydroxyl groups excluding tert-OH is 1. The van der Waals surface area contributed by atoms with Crippen LogP contribution in [0.5, 0.6) is 0 Å². The number of rotatable bonds is 5. The van der Waals surface area contributed by atoms with Crippen LogP contribution in [0.25, 0.3) is 0 Å². The second-order valence-electron chi connectivity index (χ2n) is 5.39. The van der Waals surface area contributed by atoms with Gasteiger partial charge in [-0.05, 0) is 24.7 Å². The first-order valence-corrected chi connectivity index (χ1v) is 6.81. The van der Waals surface area contributed by atoms with Gasteiger partial charge in [0.1, 0.15) is 6.10 Å². The van der Waals surface area contributed by atoms with Gasteiger partial charge in [0.25, 0.3) is 0 Å². The molecule has 1 fully saturated rings. The Kier molecular flexibility index (Phi) is 5.47. The van der Waals surface area contributed by atoms with Crippen molar-refractivity contribution in [3.8, 4) is 0 Å². The van der Waals surface area contributed by atoms with Crippen LogP contribution in [0.3, 0.4) is 0 Å². The Morgan fingerprint density at radius 2 is 1.94 bits per heavy atom. The Morgan fingerprint density at radius 1 is 1.31 bits per heavy atom. The highest BCUT2D eigenvalue weighted by Crippen LogP contribution is 2.31. The molecule has 0 aliphatic heterocycles. The molecule has 0 heterocycles. The van der Waals surface area contributed by atoms with E-state index in [9.17, 15) is 9.90 Å². The fourth-order valence-corrected chi connectivity index (χ4v) is 2.90. The summed E-state index contributed by atoms with van der Waals surface area (Å²) in [6, 6.07) is 0. The van der Waals surface area contributed by atoms with Crippen molar-refractivity contribution in [3.63, 3.8) is 0 Å². The molecule has 3 unspecified atom stereocenters. The van der Waals surface area contributed by atoms with Gasteiger partial charge >= 0.3 is 0 Å². The van der Waals surface area contributed by atoms with Gasteiger partial charge in [0, 0.05) is 5.92 Å². The fourth-order valence-electron chi connectivity index (χ4n) is 2.90. The molecule has 3 atom stereocenters. The van der Waals surface area contributed by atoms with Crippen LogP contribution < -0.4 is 0 Å².